The lowest BCUT2D eigenvalue weighted by Crippen LogP contribution is -2.51. The van der Waals surface area contributed by atoms with Crippen molar-refractivity contribution in [3.05, 3.63) is 76.5 Å². The maximum Gasteiger partial charge on any atom is 0.532 e. The Balaban J connectivity index is 1.56. The maximum absolute atomic E-state index is 13.0. The molecular formula is C26H28ClN4O3+. The summed E-state index contributed by atoms with van der Waals surface area (Å²) in [6.07, 6.45) is 7.37. The number of nitriles is 1. The first kappa shape index (κ1) is 25.1. The minimum atomic E-state index is -0.739. The average molecular weight is 480 g/mol. The molecule has 0 N–H and O–H groups in total. The van der Waals surface area contributed by atoms with Crippen LogP contribution in [0.2, 0.25) is 0 Å². The molecule has 0 aliphatic heterocycles. The van der Waals surface area contributed by atoms with Crippen LogP contribution in [0.3, 0.4) is 0 Å². The smallest absolute Gasteiger partial charge is 0.493 e. The average Bonchev–Trinajstić information content (AvgIpc) is 2.83. The number of ether oxygens (including phenoxy) is 1. The van der Waals surface area contributed by atoms with Crippen LogP contribution in [-0.2, 0) is 0 Å². The summed E-state index contributed by atoms with van der Waals surface area (Å²) in [5.74, 6) is 0.735. The van der Waals surface area contributed by atoms with E-state index >= 15 is 0 Å². The summed E-state index contributed by atoms with van der Waals surface area (Å²) >= 11 is 6.06. The molecule has 1 aromatic heterocycles. The first-order chi connectivity index (χ1) is 16.2. The van der Waals surface area contributed by atoms with Crippen LogP contribution in [0, 0.1) is 16.2 Å². The summed E-state index contributed by atoms with van der Waals surface area (Å²) in [6, 6.07) is 12.3. The number of aromatic nitrogens is 1. The number of carbonyl (C=O) groups is 1. The minimum absolute atomic E-state index is 0.193. The number of nitrogens with zero attached hydrogens (tertiary/aromatic N) is 4. The van der Waals surface area contributed by atoms with Crippen LogP contribution in [-0.4, -0.2) is 45.4 Å². The zero-order valence-corrected chi connectivity index (χ0v) is 20.3. The molecule has 176 valence electrons. The number of hydrogen-bond donors (Lipinski definition) is 0. The number of rotatable bonds is 7. The second kappa shape index (κ2) is 11.1. The van der Waals surface area contributed by atoms with E-state index in [1.807, 2.05) is 63.2 Å². The number of halogens is 1. The molecule has 7 nitrogen and oxygen atoms in total. The standard InChI is InChI=1S/C26H28ClN4O3/c1-26(2,3)30(25(32)31(33)22-8-5-21(18-28)24(27)17-22)15-4-16-34-23-9-6-19(7-10-23)20-11-13-29-14-12-20/h5-7,9-14,17,22H,4,8,15-16H2,1-3H3/q+1. The van der Waals surface area contributed by atoms with Gasteiger partial charge in [0, 0.05) is 30.0 Å². The topological polar surface area (TPSA) is 86.3 Å². The van der Waals surface area contributed by atoms with Crippen molar-refractivity contribution in [2.45, 2.75) is 45.2 Å². The largest absolute Gasteiger partial charge is 0.532 e. The van der Waals surface area contributed by atoms with Crippen LogP contribution in [0.5, 0.6) is 5.75 Å². The molecule has 1 aliphatic rings. The van der Waals surface area contributed by atoms with Crippen molar-refractivity contribution < 1.29 is 14.3 Å². The van der Waals surface area contributed by atoms with Gasteiger partial charge in [-0.1, -0.05) is 34.7 Å². The lowest BCUT2D eigenvalue weighted by Gasteiger charge is -2.28. The highest BCUT2D eigenvalue weighted by Crippen LogP contribution is 2.25. The Hall–Kier alpha value is -3.50. The molecule has 1 heterocycles. The van der Waals surface area contributed by atoms with E-state index in [2.05, 4.69) is 4.98 Å². The first-order valence-corrected chi connectivity index (χ1v) is 11.5. The van der Waals surface area contributed by atoms with Gasteiger partial charge >= 0.3 is 6.03 Å². The van der Waals surface area contributed by atoms with Crippen LogP contribution in [0.15, 0.2) is 71.5 Å². The SMILES string of the molecule is CC(C)(C)N(CCCOc1ccc(-c2ccncc2)cc1)C(=O)[N+](=O)C1C=C(Cl)C(C#N)=CC1. The van der Waals surface area contributed by atoms with Crippen molar-refractivity contribution in [2.24, 2.45) is 0 Å². The van der Waals surface area contributed by atoms with Gasteiger partial charge in [0.05, 0.1) is 23.8 Å². The normalized spacial score (nSPS) is 15.6. The van der Waals surface area contributed by atoms with Gasteiger partial charge in [0.25, 0.3) is 0 Å². The van der Waals surface area contributed by atoms with E-state index in [1.54, 1.807) is 23.4 Å². The zero-order valence-electron chi connectivity index (χ0n) is 19.6. The molecule has 1 atom stereocenters. The second-order valence-electron chi connectivity index (χ2n) is 8.94. The van der Waals surface area contributed by atoms with E-state index in [4.69, 9.17) is 21.6 Å². The third kappa shape index (κ3) is 6.30. The van der Waals surface area contributed by atoms with Gasteiger partial charge in [0.1, 0.15) is 17.4 Å². The van der Waals surface area contributed by atoms with Crippen LogP contribution in [0.25, 0.3) is 11.1 Å². The Morgan fingerprint density at radius 3 is 2.44 bits per heavy atom. The highest BCUT2D eigenvalue weighted by Gasteiger charge is 2.41. The third-order valence-electron chi connectivity index (χ3n) is 5.47. The highest BCUT2D eigenvalue weighted by atomic mass is 35.5. The lowest BCUT2D eigenvalue weighted by atomic mass is 10.0. The zero-order chi connectivity index (χ0) is 24.7. The molecule has 2 amide bonds. The van der Waals surface area contributed by atoms with E-state index in [9.17, 15) is 9.70 Å². The van der Waals surface area contributed by atoms with Gasteiger partial charge in [0.2, 0.25) is 0 Å². The number of allylic oxidation sites excluding steroid dienone is 2. The molecule has 1 aromatic carbocycles. The number of hydrogen-bond acceptors (Lipinski definition) is 5. The fraction of sp³-hybridized carbons (Fsp3) is 0.346. The predicted molar refractivity (Wildman–Crippen MR) is 131 cm³/mol. The van der Waals surface area contributed by atoms with Crippen LogP contribution < -0.4 is 4.74 Å². The first-order valence-electron chi connectivity index (χ1n) is 11.1. The minimum Gasteiger partial charge on any atom is -0.493 e. The molecular weight excluding hydrogens is 452 g/mol. The molecule has 0 spiro atoms. The summed E-state index contributed by atoms with van der Waals surface area (Å²) in [7, 11) is 0. The molecule has 0 saturated heterocycles. The molecule has 34 heavy (non-hydrogen) atoms. The van der Waals surface area contributed by atoms with Crippen molar-refractivity contribution in [2.75, 3.05) is 13.2 Å². The monoisotopic (exact) mass is 479 g/mol. The number of nitroso groups, excluding NO2 is 1. The Morgan fingerprint density at radius 1 is 1.21 bits per heavy atom. The summed E-state index contributed by atoms with van der Waals surface area (Å²) < 4.78 is 6.29. The van der Waals surface area contributed by atoms with Crippen LogP contribution in [0.4, 0.5) is 4.79 Å². The van der Waals surface area contributed by atoms with Gasteiger partial charge in [-0.25, -0.2) is 4.90 Å². The van der Waals surface area contributed by atoms with Gasteiger partial charge < -0.3 is 4.74 Å². The summed E-state index contributed by atoms with van der Waals surface area (Å²) in [5, 5.41) is 9.23. The van der Waals surface area contributed by atoms with Gasteiger partial charge in [-0.3, -0.25) is 4.98 Å². The maximum atomic E-state index is 13.0. The van der Waals surface area contributed by atoms with Gasteiger partial charge in [-0.05, 0) is 62.2 Å². The number of benzene rings is 1. The summed E-state index contributed by atoms with van der Waals surface area (Å²) in [6.45, 7) is 6.41. The fourth-order valence-electron chi connectivity index (χ4n) is 3.60. The molecule has 0 bridgehead atoms. The summed E-state index contributed by atoms with van der Waals surface area (Å²) in [4.78, 5) is 31.4. The Morgan fingerprint density at radius 2 is 1.85 bits per heavy atom. The molecule has 0 fully saturated rings. The molecule has 1 aliphatic carbocycles. The molecule has 3 rings (SSSR count). The summed E-state index contributed by atoms with van der Waals surface area (Å²) in [5.41, 5.74) is 1.92. The van der Waals surface area contributed by atoms with Crippen LogP contribution >= 0.6 is 11.6 Å². The number of urea groups is 1. The predicted octanol–water partition coefficient (Wildman–Crippen LogP) is 5.86. The van der Waals surface area contributed by atoms with E-state index in [0.29, 0.717) is 29.9 Å². The van der Waals surface area contributed by atoms with Gasteiger partial charge in [-0.2, -0.15) is 10.1 Å². The highest BCUT2D eigenvalue weighted by molar-refractivity contribution is 6.32. The second-order valence-corrected chi connectivity index (χ2v) is 9.35. The van der Waals surface area contributed by atoms with E-state index in [1.165, 1.54) is 6.08 Å². The molecule has 0 radical (unpaired) electrons. The third-order valence-corrected chi connectivity index (χ3v) is 5.80. The molecule has 2 aromatic rings. The Labute approximate surface area is 204 Å². The van der Waals surface area contributed by atoms with Crippen molar-refractivity contribution in [3.63, 3.8) is 0 Å². The lowest BCUT2D eigenvalue weighted by molar-refractivity contribution is -0.488. The number of pyridine rings is 1. The van der Waals surface area contributed by atoms with E-state index in [-0.39, 0.29) is 11.5 Å². The Kier molecular flexibility index (Phi) is 8.19. The van der Waals surface area contributed by atoms with Crippen molar-refractivity contribution in [1.82, 2.24) is 9.88 Å². The van der Waals surface area contributed by atoms with Crippen molar-refractivity contribution >= 4 is 17.6 Å². The van der Waals surface area contributed by atoms with Gasteiger partial charge in [0.15, 0.2) is 6.04 Å². The van der Waals surface area contributed by atoms with Crippen molar-refractivity contribution in [3.8, 4) is 22.9 Å². The number of amides is 2. The fourth-order valence-corrected chi connectivity index (χ4v) is 3.87. The van der Waals surface area contributed by atoms with E-state index in [0.717, 1.165) is 16.9 Å². The van der Waals surface area contributed by atoms with E-state index < -0.39 is 17.6 Å². The molecule has 1 unspecified atom stereocenters. The van der Waals surface area contributed by atoms with Crippen molar-refractivity contribution in [1.29, 1.82) is 5.26 Å². The van der Waals surface area contributed by atoms with Crippen LogP contribution in [0.1, 0.15) is 33.6 Å². The number of carbonyl (C=O) groups excluding carboxylic acids is 1. The molecule has 8 heteroatoms. The Bertz CT molecular complexity index is 1130. The quantitative estimate of drug-likeness (QED) is 0.366. The molecule has 0 saturated carbocycles. The van der Waals surface area contributed by atoms with Gasteiger partial charge in [-0.15, -0.1) is 0 Å².